The second kappa shape index (κ2) is 9.95. The summed E-state index contributed by atoms with van der Waals surface area (Å²) in [5.74, 6) is 0.980. The first-order chi connectivity index (χ1) is 15.1. The van der Waals surface area contributed by atoms with Crippen LogP contribution in [0.15, 0.2) is 44.8 Å². The highest BCUT2D eigenvalue weighted by Gasteiger charge is 2.33. The normalized spacial score (nSPS) is 14.5. The Labute approximate surface area is 190 Å². The number of hydrogen-bond acceptors (Lipinski definition) is 5. The van der Waals surface area contributed by atoms with Crippen LogP contribution in [0.5, 0.6) is 0 Å². The lowest BCUT2D eigenvalue weighted by Gasteiger charge is -2.29. The van der Waals surface area contributed by atoms with E-state index in [0.29, 0.717) is 36.4 Å². The standard InChI is InChI=1S/C23H33N4O4S/c1-17(2)13-26(14-18(3)4)23(28)16-27(15-22-24-9-10-25(22)5)32(29,30)20-6-7-21-19(12-20)8-11-31-21/h6-8,10-12,17-18H,9,13-16H2,1-5H3/q+1. The molecule has 0 unspecified atom stereocenters. The molecule has 0 aliphatic carbocycles. The van der Waals surface area contributed by atoms with Gasteiger partial charge < -0.3 is 9.32 Å². The smallest absolute Gasteiger partial charge is 0.307 e. The minimum absolute atomic E-state index is 0.0295. The first kappa shape index (κ1) is 24.1. The molecular weight excluding hydrogens is 428 g/mol. The number of hydrogen-bond donors (Lipinski definition) is 0. The van der Waals surface area contributed by atoms with Crippen molar-refractivity contribution < 1.29 is 22.2 Å². The first-order valence-electron chi connectivity index (χ1n) is 10.9. The van der Waals surface area contributed by atoms with E-state index in [1.165, 1.54) is 16.6 Å². The molecular formula is C23H33N4O4S+. The predicted molar refractivity (Wildman–Crippen MR) is 126 cm³/mol. The number of rotatable bonds is 10. The highest BCUT2D eigenvalue weighted by Crippen LogP contribution is 2.23. The number of likely N-dealkylation sites (N-methyl/N-ethyl adjacent to an activating group) is 1. The Balaban J connectivity index is 1.93. The summed E-state index contributed by atoms with van der Waals surface area (Å²) in [6.07, 6.45) is 3.40. The number of amidine groups is 1. The Morgan fingerprint density at radius 1 is 1.16 bits per heavy atom. The van der Waals surface area contributed by atoms with Crippen molar-refractivity contribution in [2.45, 2.75) is 32.6 Å². The van der Waals surface area contributed by atoms with Gasteiger partial charge in [-0.25, -0.2) is 13.0 Å². The Kier molecular flexibility index (Phi) is 7.51. The van der Waals surface area contributed by atoms with Crippen molar-refractivity contribution in [3.8, 4) is 0 Å². The number of aliphatic imine (C=N–C) groups is 1. The zero-order valence-corrected chi connectivity index (χ0v) is 20.3. The summed E-state index contributed by atoms with van der Waals surface area (Å²) in [5.41, 5.74) is 0.612. The third-order valence-corrected chi connectivity index (χ3v) is 7.04. The van der Waals surface area contributed by atoms with Crippen LogP contribution in [0.2, 0.25) is 0 Å². The van der Waals surface area contributed by atoms with Crippen LogP contribution in [-0.4, -0.2) is 79.9 Å². The van der Waals surface area contributed by atoms with Gasteiger partial charge in [0.2, 0.25) is 15.9 Å². The molecule has 0 radical (unpaired) electrons. The minimum Gasteiger partial charge on any atom is -0.464 e. The fraction of sp³-hybridized carbons (Fsp3) is 0.522. The maximum Gasteiger partial charge on any atom is 0.307 e. The first-order valence-corrected chi connectivity index (χ1v) is 12.4. The average Bonchev–Trinajstić information content (AvgIpc) is 3.34. The van der Waals surface area contributed by atoms with Crippen molar-refractivity contribution in [2.75, 3.05) is 39.8 Å². The third kappa shape index (κ3) is 5.63. The van der Waals surface area contributed by atoms with Crippen molar-refractivity contribution in [2.24, 2.45) is 16.8 Å². The number of amides is 1. The average molecular weight is 462 g/mol. The Morgan fingerprint density at radius 3 is 2.44 bits per heavy atom. The molecule has 9 heteroatoms. The summed E-state index contributed by atoms with van der Waals surface area (Å²) >= 11 is 0. The molecule has 3 rings (SSSR count). The lowest BCUT2D eigenvalue weighted by Crippen LogP contribution is -2.47. The molecule has 8 nitrogen and oxygen atoms in total. The van der Waals surface area contributed by atoms with E-state index in [9.17, 15) is 13.2 Å². The number of fused-ring (bicyclic) bond motifs is 1. The number of sulfonamides is 1. The largest absolute Gasteiger partial charge is 0.464 e. The zero-order valence-electron chi connectivity index (χ0n) is 19.5. The summed E-state index contributed by atoms with van der Waals surface area (Å²) in [4.78, 5) is 19.6. The molecule has 0 atom stereocenters. The zero-order chi connectivity index (χ0) is 23.5. The molecule has 174 valence electrons. The molecule has 32 heavy (non-hydrogen) atoms. The lowest BCUT2D eigenvalue weighted by atomic mass is 10.1. The molecule has 1 amide bonds. The minimum atomic E-state index is -3.94. The van der Waals surface area contributed by atoms with E-state index in [4.69, 9.17) is 4.42 Å². The molecule has 0 bridgehead atoms. The summed E-state index contributed by atoms with van der Waals surface area (Å²) in [7, 11) is -2.11. The van der Waals surface area contributed by atoms with Crippen molar-refractivity contribution in [1.82, 2.24) is 9.21 Å². The highest BCUT2D eigenvalue weighted by atomic mass is 32.2. The molecule has 1 aromatic heterocycles. The number of carbonyl (C=O) groups excluding carboxylic acids is 1. The molecule has 2 aromatic rings. The molecule has 0 fully saturated rings. The second-order valence-corrected chi connectivity index (χ2v) is 11.0. The molecule has 1 aromatic carbocycles. The van der Waals surface area contributed by atoms with Crippen molar-refractivity contribution in [3.63, 3.8) is 0 Å². The van der Waals surface area contributed by atoms with Crippen molar-refractivity contribution in [1.29, 1.82) is 0 Å². The SMILES string of the molecule is CC(C)CN(CC(C)C)C(=O)CN(CC1=NCC=[N+]1C)S(=O)(=O)c1ccc2occc2c1. The van der Waals surface area contributed by atoms with Gasteiger partial charge in [0.1, 0.15) is 18.3 Å². The summed E-state index contributed by atoms with van der Waals surface area (Å²) < 4.78 is 35.7. The van der Waals surface area contributed by atoms with Crippen LogP contribution in [0.1, 0.15) is 27.7 Å². The number of furan rings is 1. The Bertz CT molecular complexity index is 1120. The highest BCUT2D eigenvalue weighted by molar-refractivity contribution is 7.89. The van der Waals surface area contributed by atoms with Crippen LogP contribution in [0.4, 0.5) is 0 Å². The van der Waals surface area contributed by atoms with Gasteiger partial charge in [0, 0.05) is 18.5 Å². The topological polar surface area (TPSA) is 86.2 Å². The Morgan fingerprint density at radius 2 is 1.84 bits per heavy atom. The molecule has 0 saturated heterocycles. The van der Waals surface area contributed by atoms with Crippen LogP contribution in [-0.2, 0) is 14.8 Å². The summed E-state index contributed by atoms with van der Waals surface area (Å²) in [5, 5.41) is 0.697. The van der Waals surface area contributed by atoms with Crippen LogP contribution in [0.3, 0.4) is 0 Å². The van der Waals surface area contributed by atoms with E-state index >= 15 is 0 Å². The van der Waals surface area contributed by atoms with E-state index in [1.807, 2.05) is 45.5 Å². The van der Waals surface area contributed by atoms with Crippen LogP contribution in [0, 0.1) is 11.8 Å². The van der Waals surface area contributed by atoms with Gasteiger partial charge in [-0.05, 0) is 36.1 Å². The van der Waals surface area contributed by atoms with Gasteiger partial charge in [-0.3, -0.25) is 4.79 Å². The fourth-order valence-electron chi connectivity index (χ4n) is 3.70. The number of carbonyl (C=O) groups is 1. The maximum absolute atomic E-state index is 13.6. The van der Waals surface area contributed by atoms with E-state index < -0.39 is 10.0 Å². The predicted octanol–water partition coefficient (Wildman–Crippen LogP) is 2.69. The van der Waals surface area contributed by atoms with E-state index in [-0.39, 0.29) is 35.7 Å². The van der Waals surface area contributed by atoms with E-state index in [2.05, 4.69) is 4.99 Å². The van der Waals surface area contributed by atoms with Gasteiger partial charge in [0.25, 0.3) is 0 Å². The van der Waals surface area contributed by atoms with Crippen LogP contribution < -0.4 is 0 Å². The molecule has 0 N–H and O–H groups in total. The van der Waals surface area contributed by atoms with Gasteiger partial charge in [-0.1, -0.05) is 32.7 Å². The molecule has 1 aliphatic rings. The fourth-order valence-corrected chi connectivity index (χ4v) is 5.08. The van der Waals surface area contributed by atoms with Gasteiger partial charge in [-0.2, -0.15) is 4.31 Å². The number of benzene rings is 1. The van der Waals surface area contributed by atoms with Gasteiger partial charge in [-0.15, -0.1) is 0 Å². The van der Waals surface area contributed by atoms with Crippen LogP contribution >= 0.6 is 0 Å². The molecule has 1 aliphatic heterocycles. The monoisotopic (exact) mass is 461 g/mol. The lowest BCUT2D eigenvalue weighted by molar-refractivity contribution is -0.364. The van der Waals surface area contributed by atoms with Crippen molar-refractivity contribution >= 4 is 38.9 Å². The Hall–Kier alpha value is -2.52. The van der Waals surface area contributed by atoms with E-state index in [1.54, 1.807) is 23.1 Å². The number of nitrogens with zero attached hydrogens (tertiary/aromatic N) is 4. The van der Waals surface area contributed by atoms with Gasteiger partial charge in [0.15, 0.2) is 6.54 Å². The van der Waals surface area contributed by atoms with Gasteiger partial charge in [0.05, 0.1) is 24.8 Å². The summed E-state index contributed by atoms with van der Waals surface area (Å²) in [6, 6.07) is 6.46. The maximum atomic E-state index is 13.6. The molecule has 0 saturated carbocycles. The second-order valence-electron chi connectivity index (χ2n) is 9.03. The quantitative estimate of drug-likeness (QED) is 0.509. The summed E-state index contributed by atoms with van der Waals surface area (Å²) in [6.45, 7) is 9.66. The molecule has 0 spiro atoms. The van der Waals surface area contributed by atoms with E-state index in [0.717, 1.165) is 0 Å². The third-order valence-electron chi connectivity index (χ3n) is 5.25. The van der Waals surface area contributed by atoms with Crippen LogP contribution in [0.25, 0.3) is 11.0 Å². The molecule has 2 heterocycles. The van der Waals surface area contributed by atoms with Gasteiger partial charge >= 0.3 is 5.84 Å². The van der Waals surface area contributed by atoms with Crippen molar-refractivity contribution in [3.05, 3.63) is 30.5 Å².